The van der Waals surface area contributed by atoms with E-state index in [-0.39, 0.29) is 6.42 Å². The molecule has 0 aliphatic carbocycles. The third kappa shape index (κ3) is 6.11. The first kappa shape index (κ1) is 13.8. The lowest BCUT2D eigenvalue weighted by Crippen LogP contribution is -2.29. The van der Waals surface area contributed by atoms with Crippen molar-refractivity contribution in [2.24, 2.45) is 0 Å². The molecule has 0 unspecified atom stereocenters. The Hall–Kier alpha value is -1.29. The Morgan fingerprint density at radius 2 is 1.82 bits per heavy atom. The van der Waals surface area contributed by atoms with E-state index in [9.17, 15) is 4.79 Å². The van der Waals surface area contributed by atoms with E-state index in [0.717, 1.165) is 17.7 Å². The number of aliphatic carboxylic acids is 1. The summed E-state index contributed by atoms with van der Waals surface area (Å²) in [4.78, 5) is 10.4. The summed E-state index contributed by atoms with van der Waals surface area (Å²) in [7, 11) is -1.53. The molecule has 1 aromatic rings. The van der Waals surface area contributed by atoms with Crippen LogP contribution in [0, 0.1) is 0 Å². The minimum Gasteiger partial charge on any atom is -0.544 e. The number of benzene rings is 1. The molecule has 0 spiro atoms. The molecule has 0 saturated heterocycles. The van der Waals surface area contributed by atoms with E-state index in [4.69, 9.17) is 9.53 Å². The molecular formula is C13H20O3Si. The van der Waals surface area contributed by atoms with Crippen molar-refractivity contribution in [2.45, 2.75) is 38.9 Å². The van der Waals surface area contributed by atoms with Crippen molar-refractivity contribution < 1.29 is 14.3 Å². The summed E-state index contributed by atoms with van der Waals surface area (Å²) in [5.41, 5.74) is 1.16. The molecule has 1 rings (SSSR count). The standard InChI is InChI=1S/C13H20O3Si/c1-17(2,3)16-12-9-7-11(8-10-12)5-4-6-13(14)15/h7-10H,4-6H2,1-3H3,(H,14,15). The van der Waals surface area contributed by atoms with Crippen LogP contribution in [0.5, 0.6) is 5.75 Å². The van der Waals surface area contributed by atoms with Crippen LogP contribution in [0.3, 0.4) is 0 Å². The number of hydrogen-bond donors (Lipinski definition) is 1. The number of carbonyl (C=O) groups is 1. The maximum Gasteiger partial charge on any atom is 0.303 e. The van der Waals surface area contributed by atoms with Gasteiger partial charge in [0.15, 0.2) is 0 Å². The molecule has 0 bridgehead atoms. The largest absolute Gasteiger partial charge is 0.544 e. The summed E-state index contributed by atoms with van der Waals surface area (Å²) in [5, 5.41) is 8.55. The highest BCUT2D eigenvalue weighted by molar-refractivity contribution is 6.70. The Labute approximate surface area is 104 Å². The highest BCUT2D eigenvalue weighted by Crippen LogP contribution is 2.17. The van der Waals surface area contributed by atoms with Crippen LogP contribution < -0.4 is 4.43 Å². The Morgan fingerprint density at radius 3 is 2.29 bits per heavy atom. The van der Waals surface area contributed by atoms with Crippen molar-refractivity contribution in [3.05, 3.63) is 29.8 Å². The molecule has 0 amide bonds. The first-order valence-corrected chi connectivity index (χ1v) is 9.27. The quantitative estimate of drug-likeness (QED) is 0.790. The normalized spacial score (nSPS) is 11.2. The van der Waals surface area contributed by atoms with Crippen molar-refractivity contribution in [1.29, 1.82) is 0 Å². The van der Waals surface area contributed by atoms with E-state index >= 15 is 0 Å². The summed E-state index contributed by atoms with van der Waals surface area (Å²) in [6, 6.07) is 7.96. The van der Waals surface area contributed by atoms with Gasteiger partial charge in [0.05, 0.1) is 0 Å². The number of aryl methyl sites for hydroxylation is 1. The van der Waals surface area contributed by atoms with Crippen LogP contribution in [0.2, 0.25) is 19.6 Å². The third-order valence-electron chi connectivity index (χ3n) is 2.20. The molecule has 0 radical (unpaired) electrons. The number of rotatable bonds is 6. The Balaban J connectivity index is 2.47. The molecule has 0 aliphatic rings. The molecule has 0 aliphatic heterocycles. The monoisotopic (exact) mass is 252 g/mol. The molecule has 0 aromatic heterocycles. The molecule has 3 nitrogen and oxygen atoms in total. The second-order valence-corrected chi connectivity index (χ2v) is 9.53. The van der Waals surface area contributed by atoms with Gasteiger partial charge in [-0.25, -0.2) is 0 Å². The van der Waals surface area contributed by atoms with Crippen LogP contribution in [-0.2, 0) is 11.2 Å². The van der Waals surface area contributed by atoms with Crippen LogP contribution in [0.15, 0.2) is 24.3 Å². The average molecular weight is 252 g/mol. The highest BCUT2D eigenvalue weighted by atomic mass is 28.4. The van der Waals surface area contributed by atoms with Crippen molar-refractivity contribution in [2.75, 3.05) is 0 Å². The van der Waals surface area contributed by atoms with Crippen LogP contribution in [0.4, 0.5) is 0 Å². The molecule has 4 heteroatoms. The molecule has 1 aromatic carbocycles. The van der Waals surface area contributed by atoms with Crippen molar-refractivity contribution in [3.63, 3.8) is 0 Å². The van der Waals surface area contributed by atoms with Gasteiger partial charge < -0.3 is 9.53 Å². The molecule has 0 atom stereocenters. The minimum absolute atomic E-state index is 0.229. The summed E-state index contributed by atoms with van der Waals surface area (Å²) >= 11 is 0. The van der Waals surface area contributed by atoms with Crippen molar-refractivity contribution >= 4 is 14.3 Å². The molecule has 94 valence electrons. The van der Waals surface area contributed by atoms with E-state index < -0.39 is 14.3 Å². The van der Waals surface area contributed by atoms with Gasteiger partial charge in [-0.1, -0.05) is 12.1 Å². The summed E-state index contributed by atoms with van der Waals surface area (Å²) in [5.74, 6) is 0.176. The third-order valence-corrected chi connectivity index (χ3v) is 3.05. The van der Waals surface area contributed by atoms with Gasteiger partial charge in [-0.15, -0.1) is 0 Å². The maximum absolute atomic E-state index is 10.4. The van der Waals surface area contributed by atoms with Crippen LogP contribution in [-0.4, -0.2) is 19.4 Å². The van der Waals surface area contributed by atoms with Gasteiger partial charge in [-0.05, 0) is 50.2 Å². The fourth-order valence-electron chi connectivity index (χ4n) is 1.52. The Bertz CT molecular complexity index is 365. The Kier molecular flexibility index (Phi) is 4.75. The second-order valence-electron chi connectivity index (χ2n) is 5.11. The molecule has 0 fully saturated rings. The summed E-state index contributed by atoms with van der Waals surface area (Å²) in [6.07, 6.45) is 1.72. The lowest BCUT2D eigenvalue weighted by atomic mass is 10.1. The summed E-state index contributed by atoms with van der Waals surface area (Å²) < 4.78 is 5.84. The van der Waals surface area contributed by atoms with Gasteiger partial charge in [0.2, 0.25) is 8.32 Å². The highest BCUT2D eigenvalue weighted by Gasteiger charge is 2.15. The average Bonchev–Trinajstić information content (AvgIpc) is 2.18. The van der Waals surface area contributed by atoms with E-state index in [0.29, 0.717) is 6.42 Å². The fourth-order valence-corrected chi connectivity index (χ4v) is 2.36. The second kappa shape index (κ2) is 5.86. The maximum atomic E-state index is 10.4. The van der Waals surface area contributed by atoms with Crippen LogP contribution >= 0.6 is 0 Å². The van der Waals surface area contributed by atoms with Crippen LogP contribution in [0.1, 0.15) is 18.4 Å². The Morgan fingerprint density at radius 1 is 1.24 bits per heavy atom. The molecular weight excluding hydrogens is 232 g/mol. The lowest BCUT2D eigenvalue weighted by molar-refractivity contribution is -0.137. The van der Waals surface area contributed by atoms with E-state index in [1.165, 1.54) is 0 Å². The molecule has 0 saturated carbocycles. The van der Waals surface area contributed by atoms with E-state index in [2.05, 4.69) is 19.6 Å². The molecule has 17 heavy (non-hydrogen) atoms. The zero-order chi connectivity index (χ0) is 12.9. The van der Waals surface area contributed by atoms with Crippen molar-refractivity contribution in [1.82, 2.24) is 0 Å². The molecule has 1 N–H and O–H groups in total. The van der Waals surface area contributed by atoms with Gasteiger partial charge in [0, 0.05) is 6.42 Å². The van der Waals surface area contributed by atoms with Gasteiger partial charge in [0.1, 0.15) is 5.75 Å². The first-order valence-electron chi connectivity index (χ1n) is 5.86. The SMILES string of the molecule is C[Si](C)(C)Oc1ccc(CCCC(=O)O)cc1. The van der Waals surface area contributed by atoms with Gasteiger partial charge >= 0.3 is 5.97 Å². The fraction of sp³-hybridized carbons (Fsp3) is 0.462. The van der Waals surface area contributed by atoms with Crippen molar-refractivity contribution in [3.8, 4) is 5.75 Å². The minimum atomic E-state index is -1.53. The van der Waals surface area contributed by atoms with Gasteiger partial charge in [-0.3, -0.25) is 4.79 Å². The van der Waals surface area contributed by atoms with E-state index in [1.807, 2.05) is 24.3 Å². The summed E-state index contributed by atoms with van der Waals surface area (Å²) in [6.45, 7) is 6.44. The van der Waals surface area contributed by atoms with Gasteiger partial charge in [0.25, 0.3) is 0 Å². The topological polar surface area (TPSA) is 46.5 Å². The van der Waals surface area contributed by atoms with Crippen LogP contribution in [0.25, 0.3) is 0 Å². The zero-order valence-corrected chi connectivity index (χ0v) is 11.7. The van der Waals surface area contributed by atoms with E-state index in [1.54, 1.807) is 0 Å². The smallest absolute Gasteiger partial charge is 0.303 e. The first-order chi connectivity index (χ1) is 7.87. The zero-order valence-electron chi connectivity index (χ0n) is 10.7. The number of hydrogen-bond acceptors (Lipinski definition) is 2. The number of carboxylic acid groups (broad SMARTS) is 1. The van der Waals surface area contributed by atoms with Gasteiger partial charge in [-0.2, -0.15) is 0 Å². The lowest BCUT2D eigenvalue weighted by Gasteiger charge is -2.19. The predicted octanol–water partition coefficient (Wildman–Crippen LogP) is 3.31. The molecule has 0 heterocycles. The predicted molar refractivity (Wildman–Crippen MR) is 71.0 cm³/mol. The number of carboxylic acids is 1.